The summed E-state index contributed by atoms with van der Waals surface area (Å²) in [6.45, 7) is 2.04. The summed E-state index contributed by atoms with van der Waals surface area (Å²) in [4.78, 5) is 11.5. The molecule has 0 spiro atoms. The number of phenolic OH excluding ortho intramolecular Hbond substituents is 2. The van der Waals surface area contributed by atoms with Crippen molar-refractivity contribution in [2.24, 2.45) is 0 Å². The predicted octanol–water partition coefficient (Wildman–Crippen LogP) is 2.43. The predicted molar refractivity (Wildman–Crippen MR) is 63.2 cm³/mol. The molecule has 88 valence electrons. The second-order valence-electron chi connectivity index (χ2n) is 3.62. The Morgan fingerprint density at radius 3 is 2.71 bits per heavy atom. The average Bonchev–Trinajstić information content (AvgIpc) is 2.28. The summed E-state index contributed by atoms with van der Waals surface area (Å²) in [7, 11) is 0. The smallest absolute Gasteiger partial charge is 0.338 e. The highest BCUT2D eigenvalue weighted by atomic mass is 16.5. The quantitative estimate of drug-likeness (QED) is 0.780. The molecule has 4 nitrogen and oxygen atoms in total. The second kappa shape index (κ2) is 4.33. The Morgan fingerprint density at radius 2 is 2.00 bits per heavy atom. The highest BCUT2D eigenvalue weighted by Gasteiger charge is 2.09. The van der Waals surface area contributed by atoms with Gasteiger partial charge in [0.15, 0.2) is 0 Å². The van der Waals surface area contributed by atoms with Crippen molar-refractivity contribution in [1.82, 2.24) is 0 Å². The summed E-state index contributed by atoms with van der Waals surface area (Å²) in [5.41, 5.74) is 0.393. The van der Waals surface area contributed by atoms with E-state index in [0.29, 0.717) is 22.9 Å². The molecule has 0 aliphatic rings. The first kappa shape index (κ1) is 11.3. The van der Waals surface area contributed by atoms with Gasteiger partial charge in [-0.05, 0) is 36.6 Å². The van der Waals surface area contributed by atoms with E-state index in [1.54, 1.807) is 25.1 Å². The zero-order valence-electron chi connectivity index (χ0n) is 9.30. The van der Waals surface area contributed by atoms with Crippen molar-refractivity contribution in [1.29, 1.82) is 0 Å². The Bertz CT molecular complexity index is 575. The lowest BCUT2D eigenvalue weighted by atomic mass is 10.1. The molecule has 0 atom stereocenters. The topological polar surface area (TPSA) is 66.8 Å². The van der Waals surface area contributed by atoms with Gasteiger partial charge in [-0.3, -0.25) is 0 Å². The normalized spacial score (nSPS) is 10.4. The molecule has 4 heteroatoms. The average molecular weight is 232 g/mol. The summed E-state index contributed by atoms with van der Waals surface area (Å²) < 4.78 is 4.87. The molecule has 0 radical (unpaired) electrons. The fourth-order valence-corrected chi connectivity index (χ4v) is 1.68. The van der Waals surface area contributed by atoms with Crippen molar-refractivity contribution < 1.29 is 19.7 Å². The monoisotopic (exact) mass is 232 g/mol. The Kier molecular flexibility index (Phi) is 2.87. The van der Waals surface area contributed by atoms with E-state index in [9.17, 15) is 15.0 Å². The van der Waals surface area contributed by atoms with E-state index in [2.05, 4.69) is 0 Å². The fraction of sp³-hybridized carbons (Fsp3) is 0.154. The number of hydrogen-bond acceptors (Lipinski definition) is 4. The number of rotatable bonds is 2. The summed E-state index contributed by atoms with van der Waals surface area (Å²) in [6, 6.07) is 7.52. The number of fused-ring (bicyclic) bond motifs is 1. The largest absolute Gasteiger partial charge is 0.508 e. The third kappa shape index (κ3) is 2.15. The lowest BCUT2D eigenvalue weighted by molar-refractivity contribution is 0.0526. The van der Waals surface area contributed by atoms with Crippen LogP contribution in [-0.2, 0) is 4.74 Å². The first-order chi connectivity index (χ1) is 8.11. The van der Waals surface area contributed by atoms with Gasteiger partial charge in [0.2, 0.25) is 0 Å². The first-order valence-corrected chi connectivity index (χ1v) is 5.24. The number of hydrogen-bond donors (Lipinski definition) is 2. The lowest BCUT2D eigenvalue weighted by Crippen LogP contribution is -2.04. The number of ether oxygens (including phenoxy) is 1. The summed E-state index contributed by atoms with van der Waals surface area (Å²) >= 11 is 0. The van der Waals surface area contributed by atoms with Crippen molar-refractivity contribution in [2.75, 3.05) is 6.61 Å². The van der Waals surface area contributed by atoms with Gasteiger partial charge in [-0.15, -0.1) is 0 Å². The molecule has 0 amide bonds. The first-order valence-electron chi connectivity index (χ1n) is 5.24. The zero-order valence-corrected chi connectivity index (χ0v) is 9.30. The minimum absolute atomic E-state index is 0.0181. The van der Waals surface area contributed by atoms with Gasteiger partial charge >= 0.3 is 5.97 Å². The van der Waals surface area contributed by atoms with Gasteiger partial charge < -0.3 is 14.9 Å². The lowest BCUT2D eigenvalue weighted by Gasteiger charge is -2.05. The molecule has 2 N–H and O–H groups in total. The molecule has 0 aromatic heterocycles. The molecule has 0 aliphatic heterocycles. The Hall–Kier alpha value is -2.23. The summed E-state index contributed by atoms with van der Waals surface area (Å²) in [5.74, 6) is -0.483. The molecule has 0 bridgehead atoms. The number of phenols is 2. The molecular formula is C13H12O4. The standard InChI is InChI=1S/C13H12O4/c1-2-17-13(16)8-3-4-11-9(5-8)6-10(14)7-12(11)15/h3-7,14-15H,2H2,1H3. The van der Waals surface area contributed by atoms with E-state index >= 15 is 0 Å². The van der Waals surface area contributed by atoms with Crippen LogP contribution in [0.5, 0.6) is 11.5 Å². The van der Waals surface area contributed by atoms with Crippen LogP contribution in [0.2, 0.25) is 0 Å². The highest BCUT2D eigenvalue weighted by Crippen LogP contribution is 2.30. The molecule has 0 unspecified atom stereocenters. The maximum atomic E-state index is 11.5. The van der Waals surface area contributed by atoms with Gasteiger partial charge in [0, 0.05) is 11.5 Å². The van der Waals surface area contributed by atoms with Gasteiger partial charge in [0.05, 0.1) is 12.2 Å². The number of aromatic hydroxyl groups is 2. The maximum Gasteiger partial charge on any atom is 0.338 e. The molecule has 2 aromatic rings. The van der Waals surface area contributed by atoms with Crippen molar-refractivity contribution >= 4 is 16.7 Å². The Labute approximate surface area is 98.1 Å². The summed E-state index contributed by atoms with van der Waals surface area (Å²) in [6.07, 6.45) is 0. The molecule has 0 saturated heterocycles. The Morgan fingerprint density at radius 1 is 1.24 bits per heavy atom. The maximum absolute atomic E-state index is 11.5. The van der Waals surface area contributed by atoms with Crippen LogP contribution in [0.1, 0.15) is 17.3 Å². The van der Waals surface area contributed by atoms with E-state index in [1.807, 2.05) is 0 Å². The molecular weight excluding hydrogens is 220 g/mol. The molecule has 0 heterocycles. The Balaban J connectivity index is 2.54. The molecule has 0 saturated carbocycles. The number of carbonyl (C=O) groups excluding carboxylic acids is 1. The van der Waals surface area contributed by atoms with Crippen LogP contribution in [-0.4, -0.2) is 22.8 Å². The number of benzene rings is 2. The third-order valence-corrected chi connectivity index (χ3v) is 2.43. The van der Waals surface area contributed by atoms with Crippen LogP contribution in [0, 0.1) is 0 Å². The van der Waals surface area contributed by atoms with Crippen molar-refractivity contribution in [2.45, 2.75) is 6.92 Å². The van der Waals surface area contributed by atoms with Crippen LogP contribution in [0.3, 0.4) is 0 Å². The van der Waals surface area contributed by atoms with Crippen molar-refractivity contribution in [3.05, 3.63) is 35.9 Å². The van der Waals surface area contributed by atoms with Gasteiger partial charge in [-0.25, -0.2) is 4.79 Å². The van der Waals surface area contributed by atoms with Gasteiger partial charge in [0.1, 0.15) is 11.5 Å². The van der Waals surface area contributed by atoms with E-state index in [-0.39, 0.29) is 11.5 Å². The van der Waals surface area contributed by atoms with Gasteiger partial charge in [0.25, 0.3) is 0 Å². The SMILES string of the molecule is CCOC(=O)c1ccc2c(O)cc(O)cc2c1. The van der Waals surface area contributed by atoms with Gasteiger partial charge in [-0.1, -0.05) is 0 Å². The second-order valence-corrected chi connectivity index (χ2v) is 3.62. The van der Waals surface area contributed by atoms with Crippen molar-refractivity contribution in [3.63, 3.8) is 0 Å². The molecule has 0 fully saturated rings. The molecule has 2 rings (SSSR count). The van der Waals surface area contributed by atoms with E-state index < -0.39 is 5.97 Å². The van der Waals surface area contributed by atoms with Gasteiger partial charge in [-0.2, -0.15) is 0 Å². The minimum Gasteiger partial charge on any atom is -0.508 e. The molecule has 0 aliphatic carbocycles. The fourth-order valence-electron chi connectivity index (χ4n) is 1.68. The van der Waals surface area contributed by atoms with Crippen LogP contribution < -0.4 is 0 Å². The van der Waals surface area contributed by atoms with E-state index in [1.165, 1.54) is 12.1 Å². The highest BCUT2D eigenvalue weighted by molar-refractivity contribution is 5.97. The van der Waals surface area contributed by atoms with Crippen LogP contribution in [0.4, 0.5) is 0 Å². The molecule has 17 heavy (non-hydrogen) atoms. The minimum atomic E-state index is -0.419. The van der Waals surface area contributed by atoms with Crippen LogP contribution in [0.15, 0.2) is 30.3 Å². The number of esters is 1. The number of carbonyl (C=O) groups is 1. The van der Waals surface area contributed by atoms with E-state index in [0.717, 1.165) is 0 Å². The molecule has 2 aromatic carbocycles. The zero-order chi connectivity index (χ0) is 12.4. The summed E-state index contributed by atoms with van der Waals surface area (Å²) in [5, 5.41) is 20.1. The van der Waals surface area contributed by atoms with Crippen LogP contribution >= 0.6 is 0 Å². The third-order valence-electron chi connectivity index (χ3n) is 2.43. The van der Waals surface area contributed by atoms with Crippen LogP contribution in [0.25, 0.3) is 10.8 Å². The van der Waals surface area contributed by atoms with E-state index in [4.69, 9.17) is 4.74 Å². The van der Waals surface area contributed by atoms with Crippen molar-refractivity contribution in [3.8, 4) is 11.5 Å².